The van der Waals surface area contributed by atoms with Gasteiger partial charge in [0.25, 0.3) is 0 Å². The number of hydrogen-bond acceptors (Lipinski definition) is 3. The fourth-order valence-corrected chi connectivity index (χ4v) is 3.46. The van der Waals surface area contributed by atoms with Crippen LogP contribution in [0.5, 0.6) is 0 Å². The van der Waals surface area contributed by atoms with E-state index in [4.69, 9.17) is 4.74 Å². The highest BCUT2D eigenvalue weighted by atomic mass is 16.5. The van der Waals surface area contributed by atoms with Gasteiger partial charge in [0.1, 0.15) is 6.04 Å². The van der Waals surface area contributed by atoms with Gasteiger partial charge in [0.15, 0.2) is 0 Å². The molecule has 0 bridgehead atoms. The minimum atomic E-state index is -0.918. The minimum absolute atomic E-state index is 0.0834. The first-order valence-corrected chi connectivity index (χ1v) is 7.69. The summed E-state index contributed by atoms with van der Waals surface area (Å²) in [6, 6.07) is -0.962. The van der Waals surface area contributed by atoms with E-state index in [2.05, 4.69) is 0 Å². The van der Waals surface area contributed by atoms with E-state index in [1.807, 2.05) is 13.8 Å². The summed E-state index contributed by atoms with van der Waals surface area (Å²) >= 11 is 0. The molecule has 0 aromatic rings. The van der Waals surface area contributed by atoms with Gasteiger partial charge < -0.3 is 19.6 Å². The maximum Gasteiger partial charge on any atom is 0.327 e. The van der Waals surface area contributed by atoms with Gasteiger partial charge in [-0.15, -0.1) is 0 Å². The number of likely N-dealkylation sites (tertiary alicyclic amines) is 1. The highest BCUT2D eigenvalue weighted by Crippen LogP contribution is 2.35. The molecule has 2 fully saturated rings. The van der Waals surface area contributed by atoms with Gasteiger partial charge in [-0.05, 0) is 31.1 Å². The number of rotatable bonds is 3. The first-order chi connectivity index (χ1) is 9.83. The molecule has 0 saturated carbocycles. The van der Waals surface area contributed by atoms with Crippen molar-refractivity contribution in [3.05, 3.63) is 0 Å². The standard InChI is InChI=1S/C15H26N2O4/c1-15(2)7-5-8-17(12(15)13(18)19)14(20)16(3)10-11-6-4-9-21-11/h11-12H,4-10H2,1-3H3,(H,18,19). The Morgan fingerprint density at radius 2 is 2.10 bits per heavy atom. The number of nitrogens with zero attached hydrogens (tertiary/aromatic N) is 2. The number of amides is 2. The molecule has 6 nitrogen and oxygen atoms in total. The number of likely N-dealkylation sites (N-methyl/N-ethyl adjacent to an activating group) is 1. The van der Waals surface area contributed by atoms with Crippen LogP contribution >= 0.6 is 0 Å². The molecule has 2 rings (SSSR count). The molecule has 1 N–H and O–H groups in total. The third kappa shape index (κ3) is 3.48. The van der Waals surface area contributed by atoms with Gasteiger partial charge in [-0.25, -0.2) is 9.59 Å². The highest BCUT2D eigenvalue weighted by molar-refractivity contribution is 5.83. The van der Waals surface area contributed by atoms with Crippen molar-refractivity contribution in [1.82, 2.24) is 9.80 Å². The van der Waals surface area contributed by atoms with Gasteiger partial charge in [-0.2, -0.15) is 0 Å². The number of carboxylic acid groups (broad SMARTS) is 1. The summed E-state index contributed by atoms with van der Waals surface area (Å²) in [4.78, 5) is 27.4. The van der Waals surface area contributed by atoms with Gasteiger partial charge in [0.2, 0.25) is 0 Å². The van der Waals surface area contributed by atoms with E-state index in [1.165, 1.54) is 4.90 Å². The van der Waals surface area contributed by atoms with E-state index in [1.54, 1.807) is 11.9 Å². The van der Waals surface area contributed by atoms with Gasteiger partial charge >= 0.3 is 12.0 Å². The van der Waals surface area contributed by atoms with Crippen molar-refractivity contribution in [3.63, 3.8) is 0 Å². The Hall–Kier alpha value is -1.30. The Kier molecular flexibility index (Phi) is 4.76. The summed E-state index contributed by atoms with van der Waals surface area (Å²) in [7, 11) is 1.73. The normalized spacial score (nSPS) is 28.4. The lowest BCUT2D eigenvalue weighted by molar-refractivity contribution is -0.148. The number of urea groups is 1. The molecule has 2 aliphatic rings. The summed E-state index contributed by atoms with van der Waals surface area (Å²) in [5.41, 5.74) is -0.398. The number of carbonyl (C=O) groups excluding carboxylic acids is 1. The average Bonchev–Trinajstić information content (AvgIpc) is 2.88. The summed E-state index contributed by atoms with van der Waals surface area (Å²) in [5.74, 6) is -0.918. The van der Waals surface area contributed by atoms with Crippen molar-refractivity contribution >= 4 is 12.0 Å². The van der Waals surface area contributed by atoms with Gasteiger partial charge in [-0.1, -0.05) is 13.8 Å². The fraction of sp³-hybridized carbons (Fsp3) is 0.867. The van der Waals surface area contributed by atoms with Crippen LogP contribution in [0.2, 0.25) is 0 Å². The monoisotopic (exact) mass is 298 g/mol. The van der Waals surface area contributed by atoms with Crippen molar-refractivity contribution < 1.29 is 19.4 Å². The molecule has 21 heavy (non-hydrogen) atoms. The zero-order valence-corrected chi connectivity index (χ0v) is 13.2. The Morgan fingerprint density at radius 3 is 2.67 bits per heavy atom. The van der Waals surface area contributed by atoms with E-state index < -0.39 is 17.4 Å². The number of carbonyl (C=O) groups is 2. The van der Waals surface area contributed by atoms with E-state index in [9.17, 15) is 14.7 Å². The molecule has 0 radical (unpaired) electrons. The zero-order valence-electron chi connectivity index (χ0n) is 13.2. The van der Waals surface area contributed by atoms with Crippen LogP contribution in [0.4, 0.5) is 4.79 Å². The SMILES string of the molecule is CN(CC1CCCO1)C(=O)N1CCCC(C)(C)C1C(=O)O. The van der Waals surface area contributed by atoms with Crippen molar-refractivity contribution in [3.8, 4) is 0 Å². The van der Waals surface area contributed by atoms with Crippen LogP contribution in [-0.4, -0.2) is 65.8 Å². The molecule has 2 heterocycles. The smallest absolute Gasteiger partial charge is 0.327 e. The third-order valence-electron chi connectivity index (χ3n) is 4.58. The first kappa shape index (κ1) is 16.1. The second kappa shape index (κ2) is 6.22. The lowest BCUT2D eigenvalue weighted by Crippen LogP contribution is -2.59. The molecule has 2 amide bonds. The summed E-state index contributed by atoms with van der Waals surface area (Å²) in [6.45, 7) is 5.63. The first-order valence-electron chi connectivity index (χ1n) is 7.69. The Labute approximate surface area is 126 Å². The molecule has 2 saturated heterocycles. The van der Waals surface area contributed by atoms with Crippen molar-refractivity contribution in [1.29, 1.82) is 0 Å². The van der Waals surface area contributed by atoms with E-state index in [0.29, 0.717) is 13.1 Å². The third-order valence-corrected chi connectivity index (χ3v) is 4.58. The number of ether oxygens (including phenoxy) is 1. The predicted octanol–water partition coefficient (Wildman–Crippen LogP) is 1.79. The van der Waals surface area contributed by atoms with Crippen LogP contribution in [0.1, 0.15) is 39.5 Å². The number of piperidine rings is 1. The summed E-state index contributed by atoms with van der Waals surface area (Å²) in [5, 5.41) is 9.52. The molecule has 2 atom stereocenters. The fourth-order valence-electron chi connectivity index (χ4n) is 3.46. The van der Waals surface area contributed by atoms with Crippen molar-refractivity contribution in [2.24, 2.45) is 5.41 Å². The van der Waals surface area contributed by atoms with Crippen molar-refractivity contribution in [2.75, 3.05) is 26.7 Å². The molecule has 0 aliphatic carbocycles. The topological polar surface area (TPSA) is 70.1 Å². The molecular formula is C15H26N2O4. The summed E-state index contributed by atoms with van der Waals surface area (Å²) in [6.07, 6.45) is 3.74. The highest BCUT2D eigenvalue weighted by Gasteiger charge is 2.45. The zero-order chi connectivity index (χ0) is 15.6. The lowest BCUT2D eigenvalue weighted by Gasteiger charge is -2.45. The van der Waals surface area contributed by atoms with Crippen LogP contribution < -0.4 is 0 Å². The molecule has 2 unspecified atom stereocenters. The maximum atomic E-state index is 12.6. The van der Waals surface area contributed by atoms with Crippen LogP contribution in [0.3, 0.4) is 0 Å². The minimum Gasteiger partial charge on any atom is -0.480 e. The van der Waals surface area contributed by atoms with Gasteiger partial charge in [-0.3, -0.25) is 0 Å². The van der Waals surface area contributed by atoms with Crippen LogP contribution in [0, 0.1) is 5.41 Å². The van der Waals surface area contributed by atoms with Gasteiger partial charge in [0, 0.05) is 26.7 Å². The Bertz CT molecular complexity index is 404. The van der Waals surface area contributed by atoms with E-state index in [-0.39, 0.29) is 12.1 Å². The largest absolute Gasteiger partial charge is 0.480 e. The Morgan fingerprint density at radius 1 is 1.38 bits per heavy atom. The molecule has 0 aromatic carbocycles. The maximum absolute atomic E-state index is 12.6. The lowest BCUT2D eigenvalue weighted by atomic mass is 9.76. The molecule has 2 aliphatic heterocycles. The molecule has 6 heteroatoms. The molecule has 120 valence electrons. The number of aliphatic carboxylic acids is 1. The average molecular weight is 298 g/mol. The van der Waals surface area contributed by atoms with Crippen LogP contribution in [-0.2, 0) is 9.53 Å². The second-order valence-electron chi connectivity index (χ2n) is 6.82. The van der Waals surface area contributed by atoms with E-state index in [0.717, 1.165) is 32.3 Å². The molecule has 0 aromatic heterocycles. The van der Waals surface area contributed by atoms with Crippen LogP contribution in [0.25, 0.3) is 0 Å². The van der Waals surface area contributed by atoms with Crippen LogP contribution in [0.15, 0.2) is 0 Å². The predicted molar refractivity (Wildman–Crippen MR) is 78.1 cm³/mol. The number of carboxylic acids is 1. The molecule has 0 spiro atoms. The molecular weight excluding hydrogens is 272 g/mol. The Balaban J connectivity index is 2.06. The second-order valence-corrected chi connectivity index (χ2v) is 6.82. The quantitative estimate of drug-likeness (QED) is 0.862. The van der Waals surface area contributed by atoms with Gasteiger partial charge in [0.05, 0.1) is 6.10 Å². The number of hydrogen-bond donors (Lipinski definition) is 1. The summed E-state index contributed by atoms with van der Waals surface area (Å²) < 4.78 is 5.55. The van der Waals surface area contributed by atoms with E-state index >= 15 is 0 Å². The van der Waals surface area contributed by atoms with Crippen molar-refractivity contribution in [2.45, 2.75) is 51.7 Å².